The van der Waals surface area contributed by atoms with E-state index in [4.69, 9.17) is 0 Å². The number of benzene rings is 1. The van der Waals surface area contributed by atoms with E-state index in [2.05, 4.69) is 22.6 Å². The molecule has 1 heterocycles. The van der Waals surface area contributed by atoms with Crippen LogP contribution in [0.4, 0.5) is 0 Å². The van der Waals surface area contributed by atoms with Crippen LogP contribution >= 0.6 is 22.6 Å². The van der Waals surface area contributed by atoms with Crippen LogP contribution in [0.25, 0.3) is 0 Å². The highest BCUT2D eigenvalue weighted by molar-refractivity contribution is 14.1. The standard InChI is InChI=1S/C13H18INO3S/c14-11-5-7-13(8-6-11)19(17,18)15-9-3-1-2-4-12(15)10-16/h5-8,12,16H,1-4,9-10H2. The third-order valence-corrected chi connectivity index (χ3v) is 6.14. The molecule has 1 aromatic carbocycles. The van der Waals surface area contributed by atoms with Crippen LogP contribution in [0.15, 0.2) is 29.2 Å². The summed E-state index contributed by atoms with van der Waals surface area (Å²) in [4.78, 5) is 0.313. The van der Waals surface area contributed by atoms with E-state index in [1.165, 1.54) is 4.31 Å². The number of aliphatic hydroxyl groups is 1. The van der Waals surface area contributed by atoms with E-state index >= 15 is 0 Å². The van der Waals surface area contributed by atoms with Gasteiger partial charge in [0.2, 0.25) is 10.0 Å². The first-order valence-electron chi connectivity index (χ1n) is 6.44. The Morgan fingerprint density at radius 2 is 1.89 bits per heavy atom. The molecule has 0 saturated carbocycles. The lowest BCUT2D eigenvalue weighted by atomic mass is 10.1. The Labute approximate surface area is 128 Å². The zero-order chi connectivity index (χ0) is 13.9. The fourth-order valence-electron chi connectivity index (χ4n) is 2.39. The van der Waals surface area contributed by atoms with Crippen LogP contribution in [-0.4, -0.2) is 37.0 Å². The number of halogens is 1. The van der Waals surface area contributed by atoms with Crippen molar-refractivity contribution < 1.29 is 13.5 Å². The second-order valence-corrected chi connectivity index (χ2v) is 7.89. The summed E-state index contributed by atoms with van der Waals surface area (Å²) in [6.45, 7) is 0.392. The third kappa shape index (κ3) is 3.48. The van der Waals surface area contributed by atoms with Gasteiger partial charge in [0.1, 0.15) is 0 Å². The van der Waals surface area contributed by atoms with E-state index in [1.54, 1.807) is 24.3 Å². The molecule has 1 atom stereocenters. The average molecular weight is 395 g/mol. The lowest BCUT2D eigenvalue weighted by molar-refractivity contribution is 0.186. The van der Waals surface area contributed by atoms with Crippen LogP contribution in [0, 0.1) is 3.57 Å². The molecule has 1 unspecified atom stereocenters. The normalized spacial score (nSPS) is 22.1. The summed E-state index contributed by atoms with van der Waals surface area (Å²) in [5, 5.41) is 9.43. The molecule has 0 bridgehead atoms. The molecule has 1 fully saturated rings. The molecule has 0 amide bonds. The van der Waals surface area contributed by atoms with Gasteiger partial charge in [-0.2, -0.15) is 4.31 Å². The van der Waals surface area contributed by atoms with Crippen molar-refractivity contribution in [3.8, 4) is 0 Å². The molecule has 0 aromatic heterocycles. The van der Waals surface area contributed by atoms with Crippen LogP contribution < -0.4 is 0 Å². The van der Waals surface area contributed by atoms with Gasteiger partial charge in [0.05, 0.1) is 11.5 Å². The maximum atomic E-state index is 12.6. The van der Waals surface area contributed by atoms with E-state index in [9.17, 15) is 13.5 Å². The Morgan fingerprint density at radius 1 is 1.21 bits per heavy atom. The maximum absolute atomic E-state index is 12.6. The number of aliphatic hydroxyl groups excluding tert-OH is 1. The quantitative estimate of drug-likeness (QED) is 0.799. The van der Waals surface area contributed by atoms with E-state index in [0.29, 0.717) is 11.4 Å². The second kappa shape index (κ2) is 6.51. The highest BCUT2D eigenvalue weighted by Gasteiger charge is 2.31. The Bertz CT molecular complexity index is 515. The highest BCUT2D eigenvalue weighted by atomic mass is 127. The molecule has 2 rings (SSSR count). The van der Waals surface area contributed by atoms with Crippen molar-refractivity contribution in [3.63, 3.8) is 0 Å². The molecule has 19 heavy (non-hydrogen) atoms. The van der Waals surface area contributed by atoms with Crippen molar-refractivity contribution in [2.24, 2.45) is 0 Å². The van der Waals surface area contributed by atoms with Gasteiger partial charge in [0.15, 0.2) is 0 Å². The smallest absolute Gasteiger partial charge is 0.243 e. The minimum Gasteiger partial charge on any atom is -0.395 e. The lowest BCUT2D eigenvalue weighted by Gasteiger charge is -2.27. The summed E-state index contributed by atoms with van der Waals surface area (Å²) >= 11 is 2.15. The van der Waals surface area contributed by atoms with E-state index in [0.717, 1.165) is 29.3 Å². The van der Waals surface area contributed by atoms with Crippen molar-refractivity contribution in [3.05, 3.63) is 27.8 Å². The Balaban J connectivity index is 2.33. The van der Waals surface area contributed by atoms with Gasteiger partial charge in [0, 0.05) is 16.2 Å². The molecule has 1 aromatic rings. The number of sulfonamides is 1. The van der Waals surface area contributed by atoms with Crippen LogP contribution in [0.5, 0.6) is 0 Å². The monoisotopic (exact) mass is 395 g/mol. The Kier molecular flexibility index (Phi) is 5.22. The molecule has 1 saturated heterocycles. The molecular weight excluding hydrogens is 377 g/mol. The summed E-state index contributed by atoms with van der Waals surface area (Å²) in [5.74, 6) is 0. The summed E-state index contributed by atoms with van der Waals surface area (Å²) in [6, 6.07) is 6.57. The Hall–Kier alpha value is -0.180. The number of nitrogens with zero attached hydrogens (tertiary/aromatic N) is 1. The molecule has 1 aliphatic heterocycles. The molecule has 106 valence electrons. The summed E-state index contributed by atoms with van der Waals surface area (Å²) < 4.78 is 27.7. The summed E-state index contributed by atoms with van der Waals surface area (Å²) in [7, 11) is -3.49. The molecule has 1 aliphatic rings. The van der Waals surface area contributed by atoms with E-state index in [1.807, 2.05) is 0 Å². The molecule has 1 N–H and O–H groups in total. The van der Waals surface area contributed by atoms with Crippen molar-refractivity contribution in [2.45, 2.75) is 36.6 Å². The molecule has 0 radical (unpaired) electrons. The van der Waals surface area contributed by atoms with Crippen LogP contribution in [-0.2, 0) is 10.0 Å². The van der Waals surface area contributed by atoms with E-state index in [-0.39, 0.29) is 12.6 Å². The number of rotatable bonds is 3. The van der Waals surface area contributed by atoms with Gasteiger partial charge in [-0.3, -0.25) is 0 Å². The van der Waals surface area contributed by atoms with Crippen molar-refractivity contribution in [2.75, 3.05) is 13.2 Å². The molecule has 4 nitrogen and oxygen atoms in total. The predicted octanol–water partition coefficient (Wildman–Crippen LogP) is 2.22. The molecule has 6 heteroatoms. The zero-order valence-electron chi connectivity index (χ0n) is 10.6. The Morgan fingerprint density at radius 3 is 2.53 bits per heavy atom. The molecule has 0 spiro atoms. The summed E-state index contributed by atoms with van der Waals surface area (Å²) in [5.41, 5.74) is 0. The molecule has 0 aliphatic carbocycles. The lowest BCUT2D eigenvalue weighted by Crippen LogP contribution is -2.41. The SMILES string of the molecule is O=S(=O)(c1ccc(I)cc1)N1CCCCCC1CO. The first-order chi connectivity index (χ1) is 9.05. The van der Waals surface area contributed by atoms with Gasteiger partial charge >= 0.3 is 0 Å². The van der Waals surface area contributed by atoms with Gasteiger partial charge in [-0.15, -0.1) is 0 Å². The van der Waals surface area contributed by atoms with Crippen LogP contribution in [0.2, 0.25) is 0 Å². The van der Waals surface area contributed by atoms with Crippen LogP contribution in [0.3, 0.4) is 0 Å². The fraction of sp³-hybridized carbons (Fsp3) is 0.538. The predicted molar refractivity (Wildman–Crippen MR) is 82.4 cm³/mol. The molecular formula is C13H18INO3S. The van der Waals surface area contributed by atoms with Crippen LogP contribution in [0.1, 0.15) is 25.7 Å². The number of hydrogen-bond acceptors (Lipinski definition) is 3. The topological polar surface area (TPSA) is 57.6 Å². The van der Waals surface area contributed by atoms with E-state index < -0.39 is 10.0 Å². The largest absolute Gasteiger partial charge is 0.395 e. The number of hydrogen-bond donors (Lipinski definition) is 1. The van der Waals surface area contributed by atoms with Crippen molar-refractivity contribution >= 4 is 32.6 Å². The van der Waals surface area contributed by atoms with Gasteiger partial charge in [0.25, 0.3) is 0 Å². The van der Waals surface area contributed by atoms with Crippen molar-refractivity contribution in [1.82, 2.24) is 4.31 Å². The fourth-order valence-corrected chi connectivity index (χ4v) is 4.44. The van der Waals surface area contributed by atoms with Gasteiger partial charge in [-0.1, -0.05) is 12.8 Å². The summed E-state index contributed by atoms with van der Waals surface area (Å²) in [6.07, 6.45) is 3.60. The minimum atomic E-state index is -3.49. The third-order valence-electron chi connectivity index (χ3n) is 3.45. The highest BCUT2D eigenvalue weighted by Crippen LogP contribution is 2.25. The second-order valence-electron chi connectivity index (χ2n) is 4.76. The maximum Gasteiger partial charge on any atom is 0.243 e. The minimum absolute atomic E-state index is 0.108. The van der Waals surface area contributed by atoms with Gasteiger partial charge in [-0.25, -0.2) is 8.42 Å². The first-order valence-corrected chi connectivity index (χ1v) is 8.96. The van der Waals surface area contributed by atoms with Gasteiger partial charge < -0.3 is 5.11 Å². The average Bonchev–Trinajstić information content (AvgIpc) is 2.64. The van der Waals surface area contributed by atoms with Crippen molar-refractivity contribution in [1.29, 1.82) is 0 Å². The van der Waals surface area contributed by atoms with Gasteiger partial charge in [-0.05, 0) is 59.7 Å². The first kappa shape index (κ1) is 15.2. The zero-order valence-corrected chi connectivity index (χ0v) is 13.6.